The van der Waals surface area contributed by atoms with Crippen molar-refractivity contribution >= 4 is 12.1 Å². The molecular formula is C26H23N3O3. The molecule has 1 saturated heterocycles. The smallest absolute Gasteiger partial charge is 0.289 e. The molecule has 2 N–H and O–H groups in total. The molecule has 2 aliphatic heterocycles. The van der Waals surface area contributed by atoms with E-state index in [0.29, 0.717) is 25.5 Å². The molecule has 2 unspecified atom stereocenters. The molecule has 3 heterocycles. The minimum atomic E-state index is -0.230. The SMILES string of the molecule is NN=CC1CN(C(=O)c2ccc(C#Cc3ccccc3)o2)CCC12COc1ccccc12. The summed E-state index contributed by atoms with van der Waals surface area (Å²) in [7, 11) is 0. The number of fused-ring (bicyclic) bond motifs is 2. The van der Waals surface area contributed by atoms with Crippen LogP contribution in [0.5, 0.6) is 5.75 Å². The van der Waals surface area contributed by atoms with Gasteiger partial charge < -0.3 is 19.9 Å². The van der Waals surface area contributed by atoms with E-state index in [1.807, 2.05) is 48.5 Å². The van der Waals surface area contributed by atoms with Crippen LogP contribution in [0.3, 0.4) is 0 Å². The monoisotopic (exact) mass is 425 g/mol. The number of amides is 1. The molecule has 2 atom stereocenters. The number of carbonyl (C=O) groups is 1. The molecular weight excluding hydrogens is 402 g/mol. The van der Waals surface area contributed by atoms with E-state index < -0.39 is 0 Å². The molecule has 0 radical (unpaired) electrons. The lowest BCUT2D eigenvalue weighted by Crippen LogP contribution is -2.53. The number of nitrogens with zero attached hydrogens (tertiary/aromatic N) is 2. The van der Waals surface area contributed by atoms with Gasteiger partial charge in [0.05, 0.1) is 6.61 Å². The summed E-state index contributed by atoms with van der Waals surface area (Å²) in [4.78, 5) is 15.0. The zero-order valence-corrected chi connectivity index (χ0v) is 17.5. The van der Waals surface area contributed by atoms with E-state index in [1.165, 1.54) is 0 Å². The van der Waals surface area contributed by atoms with Crippen LogP contribution in [0.4, 0.5) is 0 Å². The molecule has 6 heteroatoms. The number of ether oxygens (including phenoxy) is 1. The molecule has 2 aromatic carbocycles. The first-order valence-electron chi connectivity index (χ1n) is 10.6. The van der Waals surface area contributed by atoms with Crippen LogP contribution in [-0.2, 0) is 5.41 Å². The van der Waals surface area contributed by atoms with Crippen molar-refractivity contribution in [3.05, 3.63) is 89.4 Å². The number of benzene rings is 2. The Morgan fingerprint density at radius 1 is 1.09 bits per heavy atom. The molecule has 3 aromatic rings. The minimum Gasteiger partial charge on any atom is -0.492 e. The first kappa shape index (κ1) is 20.0. The molecule has 1 amide bonds. The first-order chi connectivity index (χ1) is 15.7. The standard InChI is InChI=1S/C26H23N3O3/c27-28-16-20-17-29(15-14-26(20)18-31-23-9-5-4-8-22(23)26)25(30)24-13-12-21(32-24)11-10-19-6-2-1-3-7-19/h1-9,12-13,16,20H,14-15,17-18,27H2. The van der Waals surface area contributed by atoms with Crippen molar-refractivity contribution in [3.63, 3.8) is 0 Å². The minimum absolute atomic E-state index is 0.0545. The van der Waals surface area contributed by atoms with Gasteiger partial charge >= 0.3 is 0 Å². The zero-order valence-electron chi connectivity index (χ0n) is 17.5. The van der Waals surface area contributed by atoms with Gasteiger partial charge in [0.15, 0.2) is 11.5 Å². The van der Waals surface area contributed by atoms with Gasteiger partial charge in [-0.05, 0) is 42.7 Å². The van der Waals surface area contributed by atoms with E-state index >= 15 is 0 Å². The Kier molecular flexibility index (Phi) is 5.16. The number of para-hydroxylation sites is 1. The second-order valence-corrected chi connectivity index (χ2v) is 8.13. The summed E-state index contributed by atoms with van der Waals surface area (Å²) in [6.07, 6.45) is 2.50. The van der Waals surface area contributed by atoms with Gasteiger partial charge in [-0.3, -0.25) is 4.79 Å². The van der Waals surface area contributed by atoms with Crippen molar-refractivity contribution < 1.29 is 13.9 Å². The Labute approximate surface area is 186 Å². The average molecular weight is 425 g/mol. The lowest BCUT2D eigenvalue weighted by Gasteiger charge is -2.43. The summed E-state index contributed by atoms with van der Waals surface area (Å²) in [6, 6.07) is 21.1. The maximum Gasteiger partial charge on any atom is 0.289 e. The highest BCUT2D eigenvalue weighted by Crippen LogP contribution is 2.47. The predicted molar refractivity (Wildman–Crippen MR) is 121 cm³/mol. The highest BCUT2D eigenvalue weighted by atomic mass is 16.5. The largest absolute Gasteiger partial charge is 0.492 e. The van der Waals surface area contributed by atoms with Gasteiger partial charge in [-0.1, -0.05) is 42.3 Å². The van der Waals surface area contributed by atoms with Crippen LogP contribution in [-0.4, -0.2) is 36.7 Å². The van der Waals surface area contributed by atoms with Crippen LogP contribution < -0.4 is 10.6 Å². The molecule has 0 aliphatic carbocycles. The number of hydrogen-bond donors (Lipinski definition) is 1. The Balaban J connectivity index is 1.34. The predicted octanol–water partition coefficient (Wildman–Crippen LogP) is 3.42. The van der Waals surface area contributed by atoms with Gasteiger partial charge in [0.1, 0.15) is 5.75 Å². The van der Waals surface area contributed by atoms with Gasteiger partial charge in [-0.15, -0.1) is 0 Å². The number of furan rings is 1. The van der Waals surface area contributed by atoms with Gasteiger partial charge in [0.2, 0.25) is 0 Å². The second-order valence-electron chi connectivity index (χ2n) is 8.13. The summed E-state index contributed by atoms with van der Waals surface area (Å²) in [5.41, 5.74) is 1.82. The number of rotatable bonds is 2. The summed E-state index contributed by atoms with van der Waals surface area (Å²) in [5, 5.41) is 3.81. The third kappa shape index (κ3) is 3.52. The number of nitrogens with two attached hydrogens (primary N) is 1. The van der Waals surface area contributed by atoms with Crippen LogP contribution in [0.2, 0.25) is 0 Å². The van der Waals surface area contributed by atoms with E-state index in [4.69, 9.17) is 15.0 Å². The summed E-state index contributed by atoms with van der Waals surface area (Å²) >= 11 is 0. The summed E-state index contributed by atoms with van der Waals surface area (Å²) < 4.78 is 11.7. The molecule has 1 aromatic heterocycles. The fourth-order valence-corrected chi connectivity index (χ4v) is 4.63. The third-order valence-corrected chi connectivity index (χ3v) is 6.34. The first-order valence-corrected chi connectivity index (χ1v) is 10.6. The second kappa shape index (κ2) is 8.27. The van der Waals surface area contributed by atoms with Gasteiger partial charge in [0.25, 0.3) is 5.91 Å². The maximum atomic E-state index is 13.2. The van der Waals surface area contributed by atoms with Gasteiger partial charge in [0, 0.05) is 41.8 Å². The Hall–Kier alpha value is -3.98. The highest BCUT2D eigenvalue weighted by Gasteiger charge is 2.50. The molecule has 1 spiro atoms. The summed E-state index contributed by atoms with van der Waals surface area (Å²) in [6.45, 7) is 1.64. The Morgan fingerprint density at radius 2 is 1.91 bits per heavy atom. The van der Waals surface area contributed by atoms with Gasteiger partial charge in [-0.2, -0.15) is 5.10 Å². The van der Waals surface area contributed by atoms with Crippen LogP contribution in [0.15, 0.2) is 76.2 Å². The average Bonchev–Trinajstić information content (AvgIpc) is 3.46. The molecule has 6 nitrogen and oxygen atoms in total. The van der Waals surface area contributed by atoms with E-state index in [2.05, 4.69) is 23.0 Å². The Bertz CT molecular complexity index is 1220. The van der Waals surface area contributed by atoms with Crippen LogP contribution in [0.25, 0.3) is 0 Å². The zero-order chi connectivity index (χ0) is 22.0. The lowest BCUT2D eigenvalue weighted by atomic mass is 9.67. The van der Waals surface area contributed by atoms with Crippen molar-refractivity contribution in [2.45, 2.75) is 11.8 Å². The molecule has 160 valence electrons. The van der Waals surface area contributed by atoms with Crippen molar-refractivity contribution in [3.8, 4) is 17.6 Å². The maximum absolute atomic E-state index is 13.2. The number of piperidine rings is 1. The number of hydrogen-bond acceptors (Lipinski definition) is 5. The van der Waals surface area contributed by atoms with Crippen LogP contribution in [0, 0.1) is 17.8 Å². The lowest BCUT2D eigenvalue weighted by molar-refractivity contribution is 0.0556. The molecule has 1 fully saturated rings. The molecule has 5 rings (SSSR count). The van der Waals surface area contributed by atoms with Crippen molar-refractivity contribution in [2.24, 2.45) is 16.9 Å². The van der Waals surface area contributed by atoms with E-state index in [-0.39, 0.29) is 23.0 Å². The Morgan fingerprint density at radius 3 is 2.75 bits per heavy atom. The van der Waals surface area contributed by atoms with Crippen molar-refractivity contribution in [1.29, 1.82) is 0 Å². The number of hydrazone groups is 1. The van der Waals surface area contributed by atoms with E-state index in [0.717, 1.165) is 23.3 Å². The topological polar surface area (TPSA) is 81.1 Å². The summed E-state index contributed by atoms with van der Waals surface area (Å²) in [5.74, 6) is 13.0. The fraction of sp³-hybridized carbons (Fsp3) is 0.231. The van der Waals surface area contributed by atoms with Crippen LogP contribution in [0.1, 0.15) is 33.9 Å². The highest BCUT2D eigenvalue weighted by molar-refractivity contribution is 5.92. The quantitative estimate of drug-likeness (QED) is 0.295. The normalized spacial score (nSPS) is 21.8. The van der Waals surface area contributed by atoms with Crippen molar-refractivity contribution in [2.75, 3.05) is 19.7 Å². The van der Waals surface area contributed by atoms with Crippen molar-refractivity contribution in [1.82, 2.24) is 4.90 Å². The van der Waals surface area contributed by atoms with Gasteiger partial charge in [-0.25, -0.2) is 0 Å². The molecule has 0 bridgehead atoms. The third-order valence-electron chi connectivity index (χ3n) is 6.34. The number of carbonyl (C=O) groups excluding carboxylic acids is 1. The molecule has 0 saturated carbocycles. The fourth-order valence-electron chi connectivity index (χ4n) is 4.63. The molecule has 2 aliphatic rings. The molecule has 32 heavy (non-hydrogen) atoms. The van der Waals surface area contributed by atoms with E-state index in [9.17, 15) is 4.79 Å². The van der Waals surface area contributed by atoms with E-state index in [1.54, 1.807) is 23.2 Å². The number of likely N-dealkylation sites (tertiary alicyclic amines) is 1. The van der Waals surface area contributed by atoms with Crippen LogP contribution >= 0.6 is 0 Å².